The maximum Gasteiger partial charge on any atom is 0.227 e. The molecule has 0 heterocycles. The zero-order valence-electron chi connectivity index (χ0n) is 7.90. The monoisotopic (exact) mass is 192 g/mol. The molecule has 0 aromatic heterocycles. The average molecular weight is 192 g/mol. The number of carbonyl (C=O) groups excluding carboxylic acids is 1. The summed E-state index contributed by atoms with van der Waals surface area (Å²) >= 11 is 0. The van der Waals surface area contributed by atoms with Crippen LogP contribution in [-0.2, 0) is 0 Å². The van der Waals surface area contributed by atoms with Crippen LogP contribution in [0, 0.1) is 0 Å². The molecule has 0 saturated carbocycles. The number of carbonyl (C=O) groups is 1. The smallest absolute Gasteiger partial charge is 0.227 e. The van der Waals surface area contributed by atoms with Crippen molar-refractivity contribution >= 4 is 5.78 Å². The van der Waals surface area contributed by atoms with Crippen molar-refractivity contribution in [2.75, 3.05) is 6.61 Å². The van der Waals surface area contributed by atoms with E-state index in [1.54, 1.807) is 30.3 Å². The standard InChI is InChI=1S/C11H12O3/c1-8(7-12)10(13)11(14)9-5-3-2-4-6-9/h2-6,12-13H,7H2,1H3. The third-order valence-corrected chi connectivity index (χ3v) is 1.89. The van der Waals surface area contributed by atoms with Gasteiger partial charge in [-0.1, -0.05) is 30.3 Å². The fourth-order valence-corrected chi connectivity index (χ4v) is 0.995. The van der Waals surface area contributed by atoms with E-state index in [0.29, 0.717) is 5.56 Å². The maximum atomic E-state index is 11.5. The van der Waals surface area contributed by atoms with E-state index in [1.807, 2.05) is 0 Å². The molecule has 1 aromatic carbocycles. The molecular formula is C11H12O3. The van der Waals surface area contributed by atoms with Crippen molar-refractivity contribution in [1.82, 2.24) is 0 Å². The summed E-state index contributed by atoms with van der Waals surface area (Å²) in [6, 6.07) is 8.45. The van der Waals surface area contributed by atoms with Gasteiger partial charge < -0.3 is 10.2 Å². The van der Waals surface area contributed by atoms with Gasteiger partial charge in [0.05, 0.1) is 6.61 Å². The zero-order valence-corrected chi connectivity index (χ0v) is 7.90. The molecule has 1 rings (SSSR count). The van der Waals surface area contributed by atoms with Crippen molar-refractivity contribution < 1.29 is 15.0 Å². The molecule has 0 saturated heterocycles. The maximum absolute atomic E-state index is 11.5. The second-order valence-corrected chi connectivity index (χ2v) is 2.98. The second-order valence-electron chi connectivity index (χ2n) is 2.98. The Kier molecular flexibility index (Phi) is 3.42. The van der Waals surface area contributed by atoms with Gasteiger partial charge in [0.2, 0.25) is 5.78 Å². The van der Waals surface area contributed by atoms with Gasteiger partial charge in [0.25, 0.3) is 0 Å². The molecule has 1 aromatic rings. The molecule has 0 atom stereocenters. The Hall–Kier alpha value is -1.61. The second kappa shape index (κ2) is 4.58. The molecule has 0 aliphatic rings. The van der Waals surface area contributed by atoms with E-state index in [4.69, 9.17) is 5.11 Å². The Balaban J connectivity index is 2.98. The summed E-state index contributed by atoms with van der Waals surface area (Å²) in [5.41, 5.74) is 0.691. The van der Waals surface area contributed by atoms with Crippen molar-refractivity contribution in [1.29, 1.82) is 0 Å². The SMILES string of the molecule is CC(CO)=C(O)C(=O)c1ccccc1. The van der Waals surface area contributed by atoms with Crippen molar-refractivity contribution in [2.24, 2.45) is 0 Å². The average Bonchev–Trinajstić information content (AvgIpc) is 2.27. The molecule has 3 nitrogen and oxygen atoms in total. The van der Waals surface area contributed by atoms with Crippen LogP contribution in [0.3, 0.4) is 0 Å². The first kappa shape index (κ1) is 10.5. The number of aliphatic hydroxyl groups excluding tert-OH is 2. The third kappa shape index (κ3) is 2.20. The molecule has 0 bridgehead atoms. The molecule has 14 heavy (non-hydrogen) atoms. The molecule has 0 fully saturated rings. The quantitative estimate of drug-likeness (QED) is 0.435. The number of hydrogen-bond acceptors (Lipinski definition) is 3. The number of allylic oxidation sites excluding steroid dienone is 1. The van der Waals surface area contributed by atoms with Crippen LogP contribution in [0.4, 0.5) is 0 Å². The van der Waals surface area contributed by atoms with Crippen LogP contribution in [0.2, 0.25) is 0 Å². The van der Waals surface area contributed by atoms with Crippen LogP contribution in [0.25, 0.3) is 0 Å². The number of rotatable bonds is 3. The lowest BCUT2D eigenvalue weighted by Crippen LogP contribution is -2.06. The van der Waals surface area contributed by atoms with Gasteiger partial charge in [-0.15, -0.1) is 0 Å². The number of hydrogen-bond donors (Lipinski definition) is 2. The van der Waals surface area contributed by atoms with Gasteiger partial charge in [-0.2, -0.15) is 0 Å². The lowest BCUT2D eigenvalue weighted by molar-refractivity contribution is 0.0972. The van der Waals surface area contributed by atoms with Gasteiger partial charge >= 0.3 is 0 Å². The first-order chi connectivity index (χ1) is 6.66. The Labute approximate surface area is 82.3 Å². The van der Waals surface area contributed by atoms with Gasteiger partial charge in [-0.05, 0) is 12.5 Å². The van der Waals surface area contributed by atoms with Gasteiger partial charge in [0.1, 0.15) is 0 Å². The molecule has 3 heteroatoms. The first-order valence-corrected chi connectivity index (χ1v) is 4.26. The fraction of sp³-hybridized carbons (Fsp3) is 0.182. The molecule has 0 unspecified atom stereocenters. The molecular weight excluding hydrogens is 180 g/mol. The summed E-state index contributed by atoms with van der Waals surface area (Å²) in [6.45, 7) is 1.20. The molecule has 0 amide bonds. The zero-order chi connectivity index (χ0) is 10.6. The topological polar surface area (TPSA) is 57.5 Å². The molecule has 0 aliphatic carbocycles. The highest BCUT2D eigenvalue weighted by atomic mass is 16.3. The molecule has 2 N–H and O–H groups in total. The molecule has 74 valence electrons. The summed E-state index contributed by atoms with van der Waals surface area (Å²) in [5.74, 6) is -0.837. The minimum Gasteiger partial charge on any atom is -0.504 e. The summed E-state index contributed by atoms with van der Waals surface area (Å²) in [6.07, 6.45) is 0. The predicted molar refractivity (Wildman–Crippen MR) is 53.2 cm³/mol. The number of benzene rings is 1. The van der Waals surface area contributed by atoms with Gasteiger partial charge in [0, 0.05) is 5.56 Å². The van der Waals surface area contributed by atoms with Gasteiger partial charge in [0.15, 0.2) is 5.76 Å². The minimum atomic E-state index is -0.461. The highest BCUT2D eigenvalue weighted by molar-refractivity contribution is 6.07. The summed E-state index contributed by atoms with van der Waals surface area (Å²) < 4.78 is 0. The van der Waals surface area contributed by atoms with E-state index in [9.17, 15) is 9.90 Å². The summed E-state index contributed by atoms with van der Waals surface area (Å²) in [5, 5.41) is 18.1. The van der Waals surface area contributed by atoms with E-state index < -0.39 is 5.78 Å². The molecule has 0 spiro atoms. The highest BCUT2D eigenvalue weighted by Gasteiger charge is 2.12. The van der Waals surface area contributed by atoms with Crippen LogP contribution >= 0.6 is 0 Å². The van der Waals surface area contributed by atoms with Crippen LogP contribution in [0.1, 0.15) is 17.3 Å². The number of ketones is 1. The summed E-state index contributed by atoms with van der Waals surface area (Å²) in [7, 11) is 0. The predicted octanol–water partition coefficient (Wildman–Crippen LogP) is 1.69. The Morgan fingerprint density at radius 1 is 1.29 bits per heavy atom. The lowest BCUT2D eigenvalue weighted by Gasteiger charge is -2.02. The Morgan fingerprint density at radius 3 is 2.36 bits per heavy atom. The normalized spacial score (nSPS) is 12.1. The number of Topliss-reactive ketones (excluding diaryl/α,β-unsaturated/α-hetero) is 1. The van der Waals surface area contributed by atoms with E-state index in [1.165, 1.54) is 6.92 Å². The first-order valence-electron chi connectivity index (χ1n) is 4.26. The van der Waals surface area contributed by atoms with Gasteiger partial charge in [-0.25, -0.2) is 0 Å². The number of aliphatic hydroxyl groups is 2. The van der Waals surface area contributed by atoms with Gasteiger partial charge in [-0.3, -0.25) is 4.79 Å². The largest absolute Gasteiger partial charge is 0.504 e. The van der Waals surface area contributed by atoms with E-state index in [2.05, 4.69) is 0 Å². The molecule has 0 radical (unpaired) electrons. The van der Waals surface area contributed by atoms with E-state index in [0.717, 1.165) is 0 Å². The van der Waals surface area contributed by atoms with Crippen LogP contribution < -0.4 is 0 Å². The lowest BCUT2D eigenvalue weighted by atomic mass is 10.1. The van der Waals surface area contributed by atoms with Crippen LogP contribution in [-0.4, -0.2) is 22.6 Å². The fourth-order valence-electron chi connectivity index (χ4n) is 0.995. The van der Waals surface area contributed by atoms with E-state index >= 15 is 0 Å². The summed E-state index contributed by atoms with van der Waals surface area (Å²) in [4.78, 5) is 11.5. The van der Waals surface area contributed by atoms with Crippen LogP contribution in [0.5, 0.6) is 0 Å². The van der Waals surface area contributed by atoms with Crippen LogP contribution in [0.15, 0.2) is 41.7 Å². The molecule has 0 aliphatic heterocycles. The van der Waals surface area contributed by atoms with Crippen molar-refractivity contribution in [3.8, 4) is 0 Å². The van der Waals surface area contributed by atoms with Crippen molar-refractivity contribution in [3.63, 3.8) is 0 Å². The Bertz CT molecular complexity index is 352. The minimum absolute atomic E-state index is 0.277. The van der Waals surface area contributed by atoms with E-state index in [-0.39, 0.29) is 17.9 Å². The Morgan fingerprint density at radius 2 is 1.86 bits per heavy atom. The van der Waals surface area contributed by atoms with Crippen molar-refractivity contribution in [2.45, 2.75) is 6.92 Å². The van der Waals surface area contributed by atoms with Crippen molar-refractivity contribution in [3.05, 3.63) is 47.2 Å². The third-order valence-electron chi connectivity index (χ3n) is 1.89. The highest BCUT2D eigenvalue weighted by Crippen LogP contribution is 2.09.